The Kier molecular flexibility index (Phi) is 5.53. The van der Waals surface area contributed by atoms with E-state index in [-0.39, 0.29) is 0 Å². The Balaban J connectivity index is 1.35. The highest BCUT2D eigenvalue weighted by Gasteiger charge is 2.24. The molecule has 0 unspecified atom stereocenters. The number of rotatable bonds is 4. The van der Waals surface area contributed by atoms with Crippen LogP contribution in [0, 0.1) is 5.92 Å². The highest BCUT2D eigenvalue weighted by Crippen LogP contribution is 2.24. The van der Waals surface area contributed by atoms with Crippen LogP contribution in [0.5, 0.6) is 0 Å². The van der Waals surface area contributed by atoms with Gasteiger partial charge in [-0.1, -0.05) is 19.3 Å². The number of piperazine rings is 1. The van der Waals surface area contributed by atoms with Crippen LogP contribution in [0.25, 0.3) is 0 Å². The second kappa shape index (κ2) is 7.59. The van der Waals surface area contributed by atoms with Gasteiger partial charge in [0.1, 0.15) is 0 Å². The van der Waals surface area contributed by atoms with Crippen LogP contribution in [0.3, 0.4) is 0 Å². The molecule has 4 heteroatoms. The fraction of sp³-hybridized carbons (Fsp3) is 0.941. The van der Waals surface area contributed by atoms with Crippen LogP contribution < -0.4 is 0 Å². The van der Waals surface area contributed by atoms with Crippen molar-refractivity contribution >= 4 is 5.91 Å². The summed E-state index contributed by atoms with van der Waals surface area (Å²) in [5.41, 5.74) is 0. The number of hydrogen-bond donors (Lipinski definition) is 0. The van der Waals surface area contributed by atoms with E-state index >= 15 is 0 Å². The predicted octanol–water partition coefficient (Wildman–Crippen LogP) is 1.81. The van der Waals surface area contributed by atoms with Gasteiger partial charge in [0, 0.05) is 45.8 Å². The lowest BCUT2D eigenvalue weighted by molar-refractivity contribution is -0.131. The average Bonchev–Trinajstić information content (AvgIpc) is 3.05. The van der Waals surface area contributed by atoms with E-state index in [0.717, 1.165) is 45.2 Å². The molecule has 1 saturated carbocycles. The van der Waals surface area contributed by atoms with Crippen LogP contribution in [0.1, 0.15) is 44.9 Å². The molecular formula is C17H31N3O. The Morgan fingerprint density at radius 3 is 2.05 bits per heavy atom. The van der Waals surface area contributed by atoms with Gasteiger partial charge < -0.3 is 9.80 Å². The molecule has 2 heterocycles. The van der Waals surface area contributed by atoms with Crippen molar-refractivity contribution in [2.75, 3.05) is 52.4 Å². The molecule has 0 atom stereocenters. The van der Waals surface area contributed by atoms with E-state index < -0.39 is 0 Å². The Labute approximate surface area is 129 Å². The van der Waals surface area contributed by atoms with Crippen molar-refractivity contribution in [1.29, 1.82) is 0 Å². The molecule has 120 valence electrons. The molecule has 3 fully saturated rings. The first kappa shape index (κ1) is 15.3. The van der Waals surface area contributed by atoms with E-state index in [4.69, 9.17) is 0 Å². The van der Waals surface area contributed by atoms with Gasteiger partial charge in [-0.05, 0) is 31.6 Å². The van der Waals surface area contributed by atoms with Crippen molar-refractivity contribution in [2.45, 2.75) is 44.9 Å². The maximum Gasteiger partial charge on any atom is 0.236 e. The van der Waals surface area contributed by atoms with Crippen LogP contribution in [0.15, 0.2) is 0 Å². The molecule has 3 aliphatic rings. The molecule has 0 bridgehead atoms. The molecule has 0 spiro atoms. The topological polar surface area (TPSA) is 26.8 Å². The zero-order valence-corrected chi connectivity index (χ0v) is 13.4. The zero-order valence-electron chi connectivity index (χ0n) is 13.4. The van der Waals surface area contributed by atoms with Gasteiger partial charge in [-0.15, -0.1) is 0 Å². The molecular weight excluding hydrogens is 262 g/mol. The van der Waals surface area contributed by atoms with Crippen molar-refractivity contribution in [2.24, 2.45) is 5.92 Å². The molecule has 1 amide bonds. The second-order valence-electron chi connectivity index (χ2n) is 7.17. The molecule has 1 aliphatic carbocycles. The first-order valence-electron chi connectivity index (χ1n) is 9.04. The van der Waals surface area contributed by atoms with Crippen molar-refractivity contribution in [3.63, 3.8) is 0 Å². The Morgan fingerprint density at radius 2 is 1.38 bits per heavy atom. The monoisotopic (exact) mass is 293 g/mol. The summed E-state index contributed by atoms with van der Waals surface area (Å²) in [6.07, 6.45) is 9.59. The van der Waals surface area contributed by atoms with Gasteiger partial charge in [0.05, 0.1) is 6.54 Å². The number of carbonyl (C=O) groups excluding carboxylic acids is 1. The van der Waals surface area contributed by atoms with Crippen LogP contribution >= 0.6 is 0 Å². The first-order chi connectivity index (χ1) is 10.3. The average molecular weight is 293 g/mol. The van der Waals surface area contributed by atoms with Gasteiger partial charge in [0.15, 0.2) is 0 Å². The van der Waals surface area contributed by atoms with E-state index in [1.54, 1.807) is 0 Å². The number of amides is 1. The highest BCUT2D eigenvalue weighted by molar-refractivity contribution is 5.78. The quantitative estimate of drug-likeness (QED) is 0.791. The lowest BCUT2D eigenvalue weighted by atomic mass is 9.89. The zero-order chi connectivity index (χ0) is 14.5. The van der Waals surface area contributed by atoms with Gasteiger partial charge in [0.2, 0.25) is 5.91 Å². The SMILES string of the molecule is O=C(CN1CCN(CC2CCCCC2)CC1)N1CCCC1. The minimum atomic E-state index is 0.355. The summed E-state index contributed by atoms with van der Waals surface area (Å²) in [6.45, 7) is 8.39. The molecule has 4 nitrogen and oxygen atoms in total. The van der Waals surface area contributed by atoms with Gasteiger partial charge in [0.25, 0.3) is 0 Å². The Hall–Kier alpha value is -0.610. The lowest BCUT2D eigenvalue weighted by Crippen LogP contribution is -2.50. The van der Waals surface area contributed by atoms with E-state index in [0.29, 0.717) is 12.5 Å². The van der Waals surface area contributed by atoms with Gasteiger partial charge in [-0.2, -0.15) is 0 Å². The summed E-state index contributed by atoms with van der Waals surface area (Å²) in [4.78, 5) is 19.2. The van der Waals surface area contributed by atoms with E-state index in [1.165, 1.54) is 51.5 Å². The molecule has 0 aromatic rings. The van der Waals surface area contributed by atoms with Crippen LogP contribution in [-0.4, -0.2) is 73.0 Å². The van der Waals surface area contributed by atoms with Crippen molar-refractivity contribution in [3.8, 4) is 0 Å². The molecule has 2 aliphatic heterocycles. The summed E-state index contributed by atoms with van der Waals surface area (Å²) in [7, 11) is 0. The minimum absolute atomic E-state index is 0.355. The summed E-state index contributed by atoms with van der Waals surface area (Å²) >= 11 is 0. The molecule has 0 N–H and O–H groups in total. The first-order valence-corrected chi connectivity index (χ1v) is 9.04. The van der Waals surface area contributed by atoms with Crippen LogP contribution in [0.2, 0.25) is 0 Å². The molecule has 3 rings (SSSR count). The third-order valence-corrected chi connectivity index (χ3v) is 5.52. The molecule has 2 saturated heterocycles. The fourth-order valence-corrected chi connectivity index (χ4v) is 4.12. The summed E-state index contributed by atoms with van der Waals surface area (Å²) in [5, 5.41) is 0. The summed E-state index contributed by atoms with van der Waals surface area (Å²) in [5.74, 6) is 1.30. The number of nitrogens with zero attached hydrogens (tertiary/aromatic N) is 3. The van der Waals surface area contributed by atoms with E-state index in [9.17, 15) is 4.79 Å². The summed E-state index contributed by atoms with van der Waals surface area (Å²) < 4.78 is 0. The molecule has 21 heavy (non-hydrogen) atoms. The van der Waals surface area contributed by atoms with Crippen molar-refractivity contribution in [1.82, 2.24) is 14.7 Å². The van der Waals surface area contributed by atoms with Crippen LogP contribution in [-0.2, 0) is 4.79 Å². The maximum atomic E-state index is 12.2. The fourth-order valence-electron chi connectivity index (χ4n) is 4.12. The Bertz CT molecular complexity index is 327. The van der Waals surface area contributed by atoms with Crippen molar-refractivity contribution in [3.05, 3.63) is 0 Å². The van der Waals surface area contributed by atoms with Gasteiger partial charge in [-0.25, -0.2) is 0 Å². The molecule has 0 aromatic carbocycles. The van der Waals surface area contributed by atoms with E-state index in [1.807, 2.05) is 0 Å². The highest BCUT2D eigenvalue weighted by atomic mass is 16.2. The normalized spacial score (nSPS) is 26.4. The van der Waals surface area contributed by atoms with E-state index in [2.05, 4.69) is 14.7 Å². The van der Waals surface area contributed by atoms with Gasteiger partial charge >= 0.3 is 0 Å². The summed E-state index contributed by atoms with van der Waals surface area (Å²) in [6, 6.07) is 0. The van der Waals surface area contributed by atoms with Crippen molar-refractivity contribution < 1.29 is 4.79 Å². The lowest BCUT2D eigenvalue weighted by Gasteiger charge is -2.37. The largest absolute Gasteiger partial charge is 0.342 e. The maximum absolute atomic E-state index is 12.2. The van der Waals surface area contributed by atoms with Crippen LogP contribution in [0.4, 0.5) is 0 Å². The number of likely N-dealkylation sites (tertiary alicyclic amines) is 1. The second-order valence-corrected chi connectivity index (χ2v) is 7.17. The third-order valence-electron chi connectivity index (χ3n) is 5.52. The third kappa shape index (κ3) is 4.43. The number of carbonyl (C=O) groups is 1. The van der Waals surface area contributed by atoms with Gasteiger partial charge in [-0.3, -0.25) is 9.69 Å². The molecule has 0 aromatic heterocycles. The minimum Gasteiger partial charge on any atom is -0.342 e. The Morgan fingerprint density at radius 1 is 0.762 bits per heavy atom. The predicted molar refractivity (Wildman–Crippen MR) is 85.3 cm³/mol. The molecule has 0 radical (unpaired) electrons. The standard InChI is InChI=1S/C17H31N3O/c21-17(20-8-4-5-9-20)15-19-12-10-18(11-13-19)14-16-6-2-1-3-7-16/h16H,1-15H2. The smallest absolute Gasteiger partial charge is 0.236 e. The number of hydrogen-bond acceptors (Lipinski definition) is 3.